The molecule has 1 saturated carbocycles. The van der Waals surface area contributed by atoms with Crippen molar-refractivity contribution in [2.24, 2.45) is 0 Å². The molecule has 5 rings (SSSR count). The highest BCUT2D eigenvalue weighted by atomic mass is 19.1. The normalized spacial score (nSPS) is 19.2. The largest absolute Gasteiger partial charge is 0.376 e. The van der Waals surface area contributed by atoms with Crippen LogP contribution in [0.5, 0.6) is 0 Å². The Labute approximate surface area is 203 Å². The number of para-hydroxylation sites is 1. The summed E-state index contributed by atoms with van der Waals surface area (Å²) in [5, 5.41) is 11.2. The Balaban J connectivity index is 1.47. The van der Waals surface area contributed by atoms with Gasteiger partial charge in [-0.3, -0.25) is 9.59 Å². The summed E-state index contributed by atoms with van der Waals surface area (Å²) in [5.41, 5.74) is 1.62. The molecular weight excluding hydrogens is 449 g/mol. The molecule has 1 aliphatic carbocycles. The van der Waals surface area contributed by atoms with E-state index >= 15 is 4.39 Å². The Kier molecular flexibility index (Phi) is 7.03. The van der Waals surface area contributed by atoms with Crippen LogP contribution in [-0.2, 0) is 20.9 Å². The molecule has 2 fully saturated rings. The zero-order valence-corrected chi connectivity index (χ0v) is 19.6. The van der Waals surface area contributed by atoms with E-state index in [4.69, 9.17) is 4.74 Å². The maximum atomic E-state index is 15.1. The lowest BCUT2D eigenvalue weighted by Crippen LogP contribution is -2.50. The van der Waals surface area contributed by atoms with Gasteiger partial charge in [0.2, 0.25) is 11.8 Å². The molecule has 2 amide bonds. The van der Waals surface area contributed by atoms with Gasteiger partial charge in [0, 0.05) is 24.8 Å². The first-order valence-electron chi connectivity index (χ1n) is 12.3. The molecule has 0 unspecified atom stereocenters. The first-order valence-corrected chi connectivity index (χ1v) is 12.3. The van der Waals surface area contributed by atoms with Crippen LogP contribution in [0.25, 0.3) is 11.0 Å². The Hall–Kier alpha value is -3.33. The van der Waals surface area contributed by atoms with E-state index in [1.807, 2.05) is 24.3 Å². The number of fused-ring (bicyclic) bond motifs is 1. The van der Waals surface area contributed by atoms with Crippen molar-refractivity contribution < 1.29 is 18.7 Å². The molecule has 184 valence electrons. The summed E-state index contributed by atoms with van der Waals surface area (Å²) in [5.74, 6) is -1.19. The SMILES string of the molecule is O=C(NC[C@H]1CCCO1)[C@H](c1ccccc1F)N(C(=O)Cn1nnc2ccccc21)C1CCCC1. The number of halogens is 1. The smallest absolute Gasteiger partial charge is 0.247 e. The van der Waals surface area contributed by atoms with E-state index < -0.39 is 17.8 Å². The van der Waals surface area contributed by atoms with Crippen LogP contribution < -0.4 is 5.32 Å². The van der Waals surface area contributed by atoms with Crippen molar-refractivity contribution in [3.8, 4) is 0 Å². The summed E-state index contributed by atoms with van der Waals surface area (Å²) >= 11 is 0. The summed E-state index contributed by atoms with van der Waals surface area (Å²) in [4.78, 5) is 29.0. The molecule has 2 aliphatic rings. The molecule has 8 nitrogen and oxygen atoms in total. The van der Waals surface area contributed by atoms with Crippen molar-refractivity contribution in [3.05, 3.63) is 59.9 Å². The van der Waals surface area contributed by atoms with Crippen LogP contribution in [0.15, 0.2) is 48.5 Å². The van der Waals surface area contributed by atoms with Gasteiger partial charge in [-0.15, -0.1) is 5.10 Å². The molecule has 1 saturated heterocycles. The summed E-state index contributed by atoms with van der Waals surface area (Å²) in [6.45, 7) is 0.932. The van der Waals surface area contributed by atoms with Gasteiger partial charge in [-0.05, 0) is 43.9 Å². The van der Waals surface area contributed by atoms with E-state index in [1.165, 1.54) is 6.07 Å². The number of amides is 2. The van der Waals surface area contributed by atoms with Crippen molar-refractivity contribution in [1.82, 2.24) is 25.2 Å². The fourth-order valence-corrected chi connectivity index (χ4v) is 5.22. The predicted octanol–water partition coefficient (Wildman–Crippen LogP) is 3.38. The molecule has 1 aliphatic heterocycles. The molecule has 1 N–H and O–H groups in total. The molecule has 35 heavy (non-hydrogen) atoms. The zero-order chi connectivity index (χ0) is 24.2. The third-order valence-electron chi connectivity index (χ3n) is 6.97. The third kappa shape index (κ3) is 5.05. The number of rotatable bonds is 8. The van der Waals surface area contributed by atoms with E-state index in [1.54, 1.807) is 27.8 Å². The fraction of sp³-hybridized carbons (Fsp3) is 0.462. The van der Waals surface area contributed by atoms with Crippen LogP contribution >= 0.6 is 0 Å². The van der Waals surface area contributed by atoms with Crippen molar-refractivity contribution >= 4 is 22.8 Å². The molecule has 0 spiro atoms. The van der Waals surface area contributed by atoms with Crippen LogP contribution in [0, 0.1) is 5.82 Å². The fourth-order valence-electron chi connectivity index (χ4n) is 5.22. The highest BCUT2D eigenvalue weighted by molar-refractivity contribution is 5.89. The van der Waals surface area contributed by atoms with Crippen molar-refractivity contribution in [2.75, 3.05) is 13.2 Å². The number of benzene rings is 2. The highest BCUT2D eigenvalue weighted by Crippen LogP contribution is 2.33. The Bertz CT molecular complexity index is 1190. The van der Waals surface area contributed by atoms with Crippen molar-refractivity contribution in [1.29, 1.82) is 0 Å². The molecule has 2 heterocycles. The monoisotopic (exact) mass is 479 g/mol. The summed E-state index contributed by atoms with van der Waals surface area (Å²) in [6.07, 6.45) is 5.23. The number of ether oxygens (including phenoxy) is 1. The number of carbonyl (C=O) groups is 2. The zero-order valence-electron chi connectivity index (χ0n) is 19.6. The van der Waals surface area contributed by atoms with Gasteiger partial charge in [0.05, 0.1) is 11.6 Å². The first-order chi connectivity index (χ1) is 17.1. The second-order valence-electron chi connectivity index (χ2n) is 9.28. The van der Waals surface area contributed by atoms with Gasteiger partial charge < -0.3 is 15.0 Å². The first kappa shape index (κ1) is 23.4. The summed E-state index contributed by atoms with van der Waals surface area (Å²) < 4.78 is 22.3. The van der Waals surface area contributed by atoms with Gasteiger partial charge in [-0.1, -0.05) is 48.4 Å². The standard InChI is InChI=1S/C26H30FN5O3/c27-21-12-4-3-11-20(21)25(26(34)28-16-19-10-7-15-35-19)32(18-8-1-2-9-18)24(33)17-31-23-14-6-5-13-22(23)29-30-31/h3-6,11-14,18-19,25H,1-2,7-10,15-17H2,(H,28,34)/t19-,25+/m1/s1. The van der Waals surface area contributed by atoms with Gasteiger partial charge in [-0.2, -0.15) is 0 Å². The Morgan fingerprint density at radius 1 is 1.09 bits per heavy atom. The second kappa shape index (κ2) is 10.5. The van der Waals surface area contributed by atoms with E-state index in [9.17, 15) is 9.59 Å². The van der Waals surface area contributed by atoms with E-state index in [0.29, 0.717) is 18.7 Å². The number of aromatic nitrogens is 3. The molecule has 2 aromatic carbocycles. The summed E-state index contributed by atoms with van der Waals surface area (Å²) in [6, 6.07) is 12.4. The number of nitrogens with zero attached hydrogens (tertiary/aromatic N) is 4. The lowest BCUT2D eigenvalue weighted by molar-refractivity contribution is -0.144. The molecule has 1 aromatic heterocycles. The average Bonchev–Trinajstić information content (AvgIpc) is 3.64. The molecule has 3 aromatic rings. The Morgan fingerprint density at radius 2 is 1.86 bits per heavy atom. The van der Waals surface area contributed by atoms with Gasteiger partial charge in [-0.25, -0.2) is 9.07 Å². The topological polar surface area (TPSA) is 89.4 Å². The third-order valence-corrected chi connectivity index (χ3v) is 6.97. The Morgan fingerprint density at radius 3 is 2.63 bits per heavy atom. The predicted molar refractivity (Wildman–Crippen MR) is 128 cm³/mol. The summed E-state index contributed by atoms with van der Waals surface area (Å²) in [7, 11) is 0. The average molecular weight is 480 g/mol. The minimum atomic E-state index is -1.08. The van der Waals surface area contributed by atoms with Gasteiger partial charge in [0.25, 0.3) is 0 Å². The minimum absolute atomic E-state index is 0.0580. The van der Waals surface area contributed by atoms with Crippen LogP contribution in [0.2, 0.25) is 0 Å². The van der Waals surface area contributed by atoms with Crippen LogP contribution in [0.4, 0.5) is 4.39 Å². The van der Waals surface area contributed by atoms with Gasteiger partial charge >= 0.3 is 0 Å². The van der Waals surface area contributed by atoms with Crippen molar-refractivity contribution in [3.63, 3.8) is 0 Å². The lowest BCUT2D eigenvalue weighted by atomic mass is 10.00. The van der Waals surface area contributed by atoms with Crippen LogP contribution in [0.3, 0.4) is 0 Å². The van der Waals surface area contributed by atoms with Gasteiger partial charge in [0.1, 0.15) is 23.9 Å². The van der Waals surface area contributed by atoms with E-state index in [2.05, 4.69) is 15.6 Å². The maximum Gasteiger partial charge on any atom is 0.247 e. The second-order valence-corrected chi connectivity index (χ2v) is 9.28. The van der Waals surface area contributed by atoms with Crippen molar-refractivity contribution in [2.45, 2.75) is 63.3 Å². The minimum Gasteiger partial charge on any atom is -0.376 e. The van der Waals surface area contributed by atoms with Crippen LogP contribution in [-0.4, -0.2) is 57.0 Å². The maximum absolute atomic E-state index is 15.1. The number of nitrogens with one attached hydrogen (secondary N) is 1. The quantitative estimate of drug-likeness (QED) is 0.535. The van der Waals surface area contributed by atoms with Gasteiger partial charge in [0.15, 0.2) is 0 Å². The number of carbonyl (C=O) groups excluding carboxylic acids is 2. The lowest BCUT2D eigenvalue weighted by Gasteiger charge is -2.36. The number of hydrogen-bond donors (Lipinski definition) is 1. The molecule has 2 atom stereocenters. The van der Waals surface area contributed by atoms with E-state index in [0.717, 1.165) is 44.0 Å². The number of hydrogen-bond acceptors (Lipinski definition) is 5. The molecular formula is C26H30FN5O3. The van der Waals surface area contributed by atoms with Crippen LogP contribution in [0.1, 0.15) is 50.1 Å². The highest BCUT2D eigenvalue weighted by Gasteiger charge is 2.39. The molecule has 0 bridgehead atoms. The van der Waals surface area contributed by atoms with E-state index in [-0.39, 0.29) is 30.2 Å². The molecule has 9 heteroatoms. The molecule has 0 radical (unpaired) electrons.